The highest BCUT2D eigenvalue weighted by Crippen LogP contribution is 2.33. The first-order valence-corrected chi connectivity index (χ1v) is 6.90. The topological polar surface area (TPSA) is 60.5 Å². The molecule has 0 aliphatic heterocycles. The van der Waals surface area contributed by atoms with E-state index in [1.54, 1.807) is 6.07 Å². The summed E-state index contributed by atoms with van der Waals surface area (Å²) < 4.78 is 47.9. The standard InChI is InChI=1S/C15H12ClF3N2O3/c1-23-9-3-4-10(12(6-9)24-2)14(22)21-13-11(16)5-8(7-20-13)15(17,18)19/h3-7H,1-2H3,(H,20,21,22). The fourth-order valence-corrected chi connectivity index (χ4v) is 2.06. The SMILES string of the molecule is COc1ccc(C(=O)Nc2ncc(C(F)(F)F)cc2Cl)c(OC)c1. The summed E-state index contributed by atoms with van der Waals surface area (Å²) in [5.41, 5.74) is -0.858. The minimum absolute atomic E-state index is 0.149. The zero-order valence-corrected chi connectivity index (χ0v) is 13.3. The van der Waals surface area contributed by atoms with E-state index >= 15 is 0 Å². The van der Waals surface area contributed by atoms with E-state index in [0.717, 1.165) is 0 Å². The molecule has 0 aliphatic carbocycles. The van der Waals surface area contributed by atoms with Crippen LogP contribution in [0.15, 0.2) is 30.5 Å². The van der Waals surface area contributed by atoms with E-state index in [1.165, 1.54) is 26.4 Å². The van der Waals surface area contributed by atoms with Crippen molar-refractivity contribution in [2.24, 2.45) is 0 Å². The van der Waals surface area contributed by atoms with E-state index in [0.29, 0.717) is 18.0 Å². The number of anilines is 1. The molecular weight excluding hydrogens is 349 g/mol. The fourth-order valence-electron chi connectivity index (χ4n) is 1.85. The van der Waals surface area contributed by atoms with Crippen LogP contribution >= 0.6 is 11.6 Å². The van der Waals surface area contributed by atoms with E-state index in [2.05, 4.69) is 10.3 Å². The zero-order valence-electron chi connectivity index (χ0n) is 12.6. The lowest BCUT2D eigenvalue weighted by molar-refractivity contribution is -0.137. The molecule has 2 aromatic rings. The summed E-state index contributed by atoms with van der Waals surface area (Å²) in [4.78, 5) is 15.8. The van der Waals surface area contributed by atoms with Crippen LogP contribution in [0, 0.1) is 0 Å². The van der Waals surface area contributed by atoms with Gasteiger partial charge in [-0.05, 0) is 18.2 Å². The largest absolute Gasteiger partial charge is 0.497 e. The Balaban J connectivity index is 2.27. The Morgan fingerprint density at radius 3 is 2.46 bits per heavy atom. The fraction of sp³-hybridized carbons (Fsp3) is 0.200. The number of halogens is 4. The van der Waals surface area contributed by atoms with Gasteiger partial charge in [0.05, 0.1) is 30.4 Å². The molecule has 128 valence electrons. The average molecular weight is 361 g/mol. The molecule has 5 nitrogen and oxygen atoms in total. The lowest BCUT2D eigenvalue weighted by Crippen LogP contribution is -2.15. The second-order valence-electron chi connectivity index (χ2n) is 4.57. The number of benzene rings is 1. The van der Waals surface area contributed by atoms with Crippen LogP contribution in [0.4, 0.5) is 19.0 Å². The molecule has 0 aliphatic rings. The van der Waals surface area contributed by atoms with Crippen molar-refractivity contribution in [1.29, 1.82) is 0 Å². The van der Waals surface area contributed by atoms with E-state index in [4.69, 9.17) is 21.1 Å². The maximum Gasteiger partial charge on any atom is 0.417 e. The maximum absolute atomic E-state index is 12.6. The van der Waals surface area contributed by atoms with Crippen molar-refractivity contribution >= 4 is 23.3 Å². The van der Waals surface area contributed by atoms with Crippen LogP contribution in [0.25, 0.3) is 0 Å². The molecule has 0 atom stereocenters. The first-order chi connectivity index (χ1) is 11.3. The second-order valence-corrected chi connectivity index (χ2v) is 4.98. The second kappa shape index (κ2) is 6.96. The molecule has 0 fully saturated rings. The molecule has 0 saturated heterocycles. The Morgan fingerprint density at radius 1 is 1.21 bits per heavy atom. The Labute approximate surface area is 140 Å². The summed E-state index contributed by atoms with van der Waals surface area (Å²) >= 11 is 5.76. The Bertz CT molecular complexity index is 766. The minimum Gasteiger partial charge on any atom is -0.497 e. The Hall–Kier alpha value is -2.48. The van der Waals surface area contributed by atoms with Gasteiger partial charge in [-0.1, -0.05) is 11.6 Å². The first kappa shape index (κ1) is 17.9. The average Bonchev–Trinajstić information content (AvgIpc) is 2.54. The van der Waals surface area contributed by atoms with Gasteiger partial charge in [-0.3, -0.25) is 4.79 Å². The zero-order chi connectivity index (χ0) is 17.9. The number of nitrogens with zero attached hydrogens (tertiary/aromatic N) is 1. The third kappa shape index (κ3) is 3.88. The smallest absolute Gasteiger partial charge is 0.417 e. The maximum atomic E-state index is 12.6. The van der Waals surface area contributed by atoms with Gasteiger partial charge in [0.25, 0.3) is 5.91 Å². The molecule has 9 heteroatoms. The molecule has 1 amide bonds. The summed E-state index contributed by atoms with van der Waals surface area (Å²) in [5, 5.41) is 2.02. The number of alkyl halides is 3. The number of carbonyl (C=O) groups excluding carboxylic acids is 1. The van der Waals surface area contributed by atoms with Gasteiger partial charge < -0.3 is 14.8 Å². The van der Waals surface area contributed by atoms with E-state index < -0.39 is 17.6 Å². The molecule has 2 rings (SSSR count). The highest BCUT2D eigenvalue weighted by molar-refractivity contribution is 6.33. The number of ether oxygens (including phenoxy) is 2. The number of nitrogens with one attached hydrogen (secondary N) is 1. The summed E-state index contributed by atoms with van der Waals surface area (Å²) in [6, 6.07) is 5.18. The summed E-state index contributed by atoms with van der Waals surface area (Å²) in [5.74, 6) is -0.111. The number of aromatic nitrogens is 1. The molecule has 0 saturated carbocycles. The van der Waals surface area contributed by atoms with Crippen LogP contribution in [0.3, 0.4) is 0 Å². The molecule has 24 heavy (non-hydrogen) atoms. The van der Waals surface area contributed by atoms with Crippen molar-refractivity contribution in [2.75, 3.05) is 19.5 Å². The van der Waals surface area contributed by atoms with Crippen LogP contribution in [0.5, 0.6) is 11.5 Å². The number of pyridine rings is 1. The van der Waals surface area contributed by atoms with Crippen molar-refractivity contribution in [1.82, 2.24) is 4.98 Å². The summed E-state index contributed by atoms with van der Waals surface area (Å²) in [6.45, 7) is 0. The van der Waals surface area contributed by atoms with Gasteiger partial charge in [-0.2, -0.15) is 13.2 Å². The molecule has 0 radical (unpaired) electrons. The molecule has 1 N–H and O–H groups in total. The van der Waals surface area contributed by atoms with Crippen molar-refractivity contribution < 1.29 is 27.4 Å². The Morgan fingerprint density at radius 2 is 1.92 bits per heavy atom. The van der Waals surface area contributed by atoms with Crippen molar-refractivity contribution in [2.45, 2.75) is 6.18 Å². The van der Waals surface area contributed by atoms with Gasteiger partial charge in [-0.15, -0.1) is 0 Å². The van der Waals surface area contributed by atoms with Gasteiger partial charge in [0.15, 0.2) is 5.82 Å². The summed E-state index contributed by atoms with van der Waals surface area (Å²) in [6.07, 6.45) is -3.98. The molecule has 0 spiro atoms. The number of methoxy groups -OCH3 is 2. The third-order valence-corrected chi connectivity index (χ3v) is 3.34. The van der Waals surface area contributed by atoms with Crippen LogP contribution in [-0.4, -0.2) is 25.1 Å². The third-order valence-electron chi connectivity index (χ3n) is 3.05. The number of rotatable bonds is 4. The number of carbonyl (C=O) groups is 1. The molecule has 0 unspecified atom stereocenters. The van der Waals surface area contributed by atoms with Crippen LogP contribution in [-0.2, 0) is 6.18 Å². The number of amides is 1. The highest BCUT2D eigenvalue weighted by atomic mass is 35.5. The summed E-state index contributed by atoms with van der Waals surface area (Å²) in [7, 11) is 2.83. The monoisotopic (exact) mass is 360 g/mol. The van der Waals surface area contributed by atoms with Gasteiger partial charge >= 0.3 is 6.18 Å². The molecule has 1 heterocycles. The van der Waals surface area contributed by atoms with E-state index in [9.17, 15) is 18.0 Å². The first-order valence-electron chi connectivity index (χ1n) is 6.52. The van der Waals surface area contributed by atoms with Crippen molar-refractivity contribution in [3.05, 3.63) is 46.6 Å². The van der Waals surface area contributed by atoms with E-state index in [-0.39, 0.29) is 22.2 Å². The number of hydrogen-bond donors (Lipinski definition) is 1. The normalized spacial score (nSPS) is 11.1. The predicted molar refractivity (Wildman–Crippen MR) is 81.7 cm³/mol. The lowest BCUT2D eigenvalue weighted by atomic mass is 10.1. The molecule has 0 bridgehead atoms. The van der Waals surface area contributed by atoms with Crippen molar-refractivity contribution in [3.63, 3.8) is 0 Å². The van der Waals surface area contributed by atoms with Gasteiger partial charge in [-0.25, -0.2) is 4.98 Å². The minimum atomic E-state index is -4.57. The van der Waals surface area contributed by atoms with Gasteiger partial charge in [0.1, 0.15) is 11.5 Å². The van der Waals surface area contributed by atoms with Crippen LogP contribution < -0.4 is 14.8 Å². The van der Waals surface area contributed by atoms with Crippen LogP contribution in [0.2, 0.25) is 5.02 Å². The highest BCUT2D eigenvalue weighted by Gasteiger charge is 2.31. The number of hydrogen-bond acceptors (Lipinski definition) is 4. The molecule has 1 aromatic heterocycles. The van der Waals surface area contributed by atoms with Gasteiger partial charge in [0, 0.05) is 12.3 Å². The predicted octanol–water partition coefficient (Wildman–Crippen LogP) is 4.02. The quantitative estimate of drug-likeness (QED) is 0.894. The lowest BCUT2D eigenvalue weighted by Gasteiger charge is -2.12. The van der Waals surface area contributed by atoms with Crippen LogP contribution in [0.1, 0.15) is 15.9 Å². The van der Waals surface area contributed by atoms with Crippen molar-refractivity contribution in [3.8, 4) is 11.5 Å². The molecule has 1 aromatic carbocycles. The van der Waals surface area contributed by atoms with Gasteiger partial charge in [0.2, 0.25) is 0 Å². The Kier molecular flexibility index (Phi) is 5.18. The molecular formula is C15H12ClF3N2O3. The van der Waals surface area contributed by atoms with E-state index in [1.807, 2.05) is 0 Å².